The van der Waals surface area contributed by atoms with Crippen molar-refractivity contribution in [2.45, 2.75) is 52.0 Å². The molecule has 164 valence electrons. The summed E-state index contributed by atoms with van der Waals surface area (Å²) in [6, 6.07) is 4.94. The second kappa shape index (κ2) is 7.72. The molecule has 1 saturated heterocycles. The molecule has 0 radical (unpaired) electrons. The van der Waals surface area contributed by atoms with Crippen LogP contribution in [0, 0.1) is 19.8 Å². The van der Waals surface area contributed by atoms with Crippen molar-refractivity contribution in [3.05, 3.63) is 35.0 Å². The lowest BCUT2D eigenvalue weighted by atomic mass is 9.77. The Labute approximate surface area is 179 Å². The first-order valence-corrected chi connectivity index (χ1v) is 10.4. The third-order valence-corrected chi connectivity index (χ3v) is 6.17. The number of hydrogen-bond donors (Lipinski definition) is 3. The number of amides is 4. The second-order valence-electron chi connectivity index (χ2n) is 8.67. The van der Waals surface area contributed by atoms with Crippen LogP contribution in [-0.2, 0) is 14.3 Å². The SMILES string of the molecule is Cc1cc(C)c2cc(C(=O)OCC(=O)NN3C(=O)NC4(CCC(C)CC4)C3=O)[nH]c2c1. The van der Waals surface area contributed by atoms with Crippen molar-refractivity contribution < 1.29 is 23.9 Å². The van der Waals surface area contributed by atoms with Gasteiger partial charge in [0.1, 0.15) is 11.2 Å². The van der Waals surface area contributed by atoms with Gasteiger partial charge in [-0.1, -0.05) is 13.0 Å². The van der Waals surface area contributed by atoms with Gasteiger partial charge < -0.3 is 15.0 Å². The molecule has 4 rings (SSSR count). The van der Waals surface area contributed by atoms with Crippen molar-refractivity contribution in [3.8, 4) is 0 Å². The summed E-state index contributed by atoms with van der Waals surface area (Å²) < 4.78 is 5.07. The van der Waals surface area contributed by atoms with Crippen molar-refractivity contribution in [2.75, 3.05) is 6.61 Å². The Morgan fingerprint density at radius 3 is 2.61 bits per heavy atom. The average Bonchev–Trinajstić information content (AvgIpc) is 3.24. The van der Waals surface area contributed by atoms with E-state index < -0.39 is 36.0 Å². The van der Waals surface area contributed by atoms with Gasteiger partial charge in [-0.15, -0.1) is 0 Å². The monoisotopic (exact) mass is 426 g/mol. The summed E-state index contributed by atoms with van der Waals surface area (Å²) in [4.78, 5) is 52.6. The molecule has 0 unspecified atom stereocenters. The number of hydrazine groups is 1. The lowest BCUT2D eigenvalue weighted by molar-refractivity contribution is -0.141. The molecule has 2 heterocycles. The largest absolute Gasteiger partial charge is 0.451 e. The smallest absolute Gasteiger partial charge is 0.355 e. The van der Waals surface area contributed by atoms with Crippen LogP contribution in [0.3, 0.4) is 0 Å². The Bertz CT molecular complexity index is 1080. The second-order valence-corrected chi connectivity index (χ2v) is 8.67. The quantitative estimate of drug-likeness (QED) is 0.512. The summed E-state index contributed by atoms with van der Waals surface area (Å²) in [5.41, 5.74) is 4.42. The number of carbonyl (C=O) groups is 4. The van der Waals surface area contributed by atoms with Gasteiger partial charge in [-0.05, 0) is 68.7 Å². The zero-order valence-corrected chi connectivity index (χ0v) is 17.8. The Kier molecular flexibility index (Phi) is 5.20. The van der Waals surface area contributed by atoms with Crippen molar-refractivity contribution in [1.82, 2.24) is 20.7 Å². The van der Waals surface area contributed by atoms with Crippen molar-refractivity contribution in [2.24, 2.45) is 5.92 Å². The highest BCUT2D eigenvalue weighted by Crippen LogP contribution is 2.35. The molecule has 1 aromatic carbocycles. The van der Waals surface area contributed by atoms with Crippen LogP contribution in [0.25, 0.3) is 10.9 Å². The molecule has 0 atom stereocenters. The van der Waals surface area contributed by atoms with Gasteiger partial charge in [0.25, 0.3) is 11.8 Å². The zero-order chi connectivity index (χ0) is 22.3. The topological polar surface area (TPSA) is 121 Å². The zero-order valence-electron chi connectivity index (χ0n) is 17.8. The number of nitrogens with one attached hydrogen (secondary N) is 3. The number of nitrogens with zero attached hydrogens (tertiary/aromatic N) is 1. The number of fused-ring (bicyclic) bond motifs is 1. The molecule has 9 heteroatoms. The van der Waals surface area contributed by atoms with Crippen LogP contribution in [0.2, 0.25) is 0 Å². The van der Waals surface area contributed by atoms with Crippen LogP contribution in [0.1, 0.15) is 54.2 Å². The Morgan fingerprint density at radius 1 is 1.19 bits per heavy atom. The maximum Gasteiger partial charge on any atom is 0.355 e. The van der Waals surface area contributed by atoms with Crippen LogP contribution in [0.15, 0.2) is 18.2 Å². The minimum absolute atomic E-state index is 0.224. The number of urea groups is 1. The van der Waals surface area contributed by atoms with Crippen molar-refractivity contribution in [3.63, 3.8) is 0 Å². The molecule has 1 aromatic heterocycles. The Balaban J connectivity index is 1.36. The predicted octanol–water partition coefficient (Wildman–Crippen LogP) is 2.47. The van der Waals surface area contributed by atoms with E-state index in [1.54, 1.807) is 6.07 Å². The number of esters is 1. The molecule has 3 N–H and O–H groups in total. The van der Waals surface area contributed by atoms with Gasteiger partial charge in [0.05, 0.1) is 0 Å². The first kappa shape index (κ1) is 20.9. The van der Waals surface area contributed by atoms with Gasteiger partial charge in [0.15, 0.2) is 6.61 Å². The standard InChI is InChI=1S/C22H26N4O5/c1-12-4-6-22(7-5-12)20(29)26(21(30)24-22)25-18(27)11-31-19(28)17-10-15-14(3)8-13(2)9-16(15)23-17/h8-10,12,23H,4-7,11H2,1-3H3,(H,24,30)(H,25,27). The van der Waals surface area contributed by atoms with Gasteiger partial charge >= 0.3 is 12.0 Å². The molecule has 9 nitrogen and oxygen atoms in total. The summed E-state index contributed by atoms with van der Waals surface area (Å²) in [5, 5.41) is 4.31. The minimum Gasteiger partial charge on any atom is -0.451 e. The fourth-order valence-electron chi connectivity index (χ4n) is 4.39. The molecule has 31 heavy (non-hydrogen) atoms. The molecule has 2 aromatic rings. The first-order valence-electron chi connectivity index (χ1n) is 10.4. The molecular formula is C22H26N4O5. The highest BCUT2D eigenvalue weighted by atomic mass is 16.5. The number of aromatic nitrogens is 1. The number of aryl methyl sites for hydroxylation is 2. The number of aromatic amines is 1. The summed E-state index contributed by atoms with van der Waals surface area (Å²) in [5.74, 6) is -1.43. The fourth-order valence-corrected chi connectivity index (χ4v) is 4.39. The summed E-state index contributed by atoms with van der Waals surface area (Å²) in [6.45, 7) is 5.40. The Hall–Kier alpha value is -3.36. The average molecular weight is 426 g/mol. The van der Waals surface area contributed by atoms with Crippen molar-refractivity contribution >= 4 is 34.7 Å². The molecule has 2 aliphatic rings. The van der Waals surface area contributed by atoms with Crippen LogP contribution < -0.4 is 10.7 Å². The molecular weight excluding hydrogens is 400 g/mol. The number of H-pyrrole nitrogens is 1. The molecule has 1 aliphatic carbocycles. The van der Waals surface area contributed by atoms with Crippen LogP contribution in [0.4, 0.5) is 4.79 Å². The van der Waals surface area contributed by atoms with Crippen molar-refractivity contribution in [1.29, 1.82) is 0 Å². The van der Waals surface area contributed by atoms with Gasteiger partial charge in [0, 0.05) is 10.9 Å². The number of carbonyl (C=O) groups excluding carboxylic acids is 4. The van der Waals surface area contributed by atoms with Crippen LogP contribution in [-0.4, -0.2) is 46.0 Å². The van der Waals surface area contributed by atoms with E-state index in [9.17, 15) is 19.2 Å². The van der Waals surface area contributed by atoms with Gasteiger partial charge in [-0.25, -0.2) is 9.59 Å². The number of rotatable bonds is 4. The third kappa shape index (κ3) is 3.87. The molecule has 2 fully saturated rings. The number of imide groups is 1. The van der Waals surface area contributed by atoms with Gasteiger partial charge in [-0.3, -0.25) is 15.0 Å². The third-order valence-electron chi connectivity index (χ3n) is 6.17. The number of benzene rings is 1. The number of hydrogen-bond acceptors (Lipinski definition) is 5. The highest BCUT2D eigenvalue weighted by molar-refractivity contribution is 6.08. The summed E-state index contributed by atoms with van der Waals surface area (Å²) >= 11 is 0. The van der Waals surface area contributed by atoms with Crippen LogP contribution >= 0.6 is 0 Å². The van der Waals surface area contributed by atoms with E-state index in [0.717, 1.165) is 34.9 Å². The maximum atomic E-state index is 12.8. The summed E-state index contributed by atoms with van der Waals surface area (Å²) in [7, 11) is 0. The van der Waals surface area contributed by atoms with E-state index in [1.165, 1.54) is 0 Å². The minimum atomic E-state index is -0.950. The highest BCUT2D eigenvalue weighted by Gasteiger charge is 2.52. The lowest BCUT2D eigenvalue weighted by Gasteiger charge is -2.33. The predicted molar refractivity (Wildman–Crippen MR) is 112 cm³/mol. The van der Waals surface area contributed by atoms with E-state index >= 15 is 0 Å². The number of ether oxygens (including phenoxy) is 1. The van der Waals surface area contributed by atoms with E-state index in [-0.39, 0.29) is 5.69 Å². The maximum absolute atomic E-state index is 12.8. The van der Waals surface area contributed by atoms with E-state index in [4.69, 9.17) is 4.74 Å². The molecule has 1 aliphatic heterocycles. The Morgan fingerprint density at radius 2 is 1.90 bits per heavy atom. The molecule has 1 saturated carbocycles. The van der Waals surface area contributed by atoms with Gasteiger partial charge in [-0.2, -0.15) is 5.01 Å². The van der Waals surface area contributed by atoms with Gasteiger partial charge in [0.2, 0.25) is 0 Å². The normalized spacial score (nSPS) is 23.3. The lowest BCUT2D eigenvalue weighted by Crippen LogP contribution is -2.52. The summed E-state index contributed by atoms with van der Waals surface area (Å²) in [6.07, 6.45) is 2.74. The van der Waals surface area contributed by atoms with E-state index in [0.29, 0.717) is 23.8 Å². The first-order chi connectivity index (χ1) is 14.7. The fraction of sp³-hybridized carbons (Fsp3) is 0.455. The molecule has 4 amide bonds. The van der Waals surface area contributed by atoms with E-state index in [2.05, 4.69) is 22.7 Å². The molecule has 1 spiro atoms. The van der Waals surface area contributed by atoms with Crippen LogP contribution in [0.5, 0.6) is 0 Å². The molecule has 0 bridgehead atoms. The van der Waals surface area contributed by atoms with E-state index in [1.807, 2.05) is 26.0 Å².